The molecule has 15 heavy (non-hydrogen) atoms. The van der Waals surface area contributed by atoms with Crippen molar-refractivity contribution in [3.63, 3.8) is 0 Å². The van der Waals surface area contributed by atoms with Gasteiger partial charge < -0.3 is 0 Å². The van der Waals surface area contributed by atoms with Gasteiger partial charge in [-0.3, -0.25) is 9.78 Å². The highest BCUT2D eigenvalue weighted by atomic mass is 19.1. The van der Waals surface area contributed by atoms with Gasteiger partial charge in [-0.15, -0.1) is 0 Å². The summed E-state index contributed by atoms with van der Waals surface area (Å²) in [6.07, 6.45) is 2.87. The van der Waals surface area contributed by atoms with Crippen LogP contribution in [0.1, 0.15) is 5.56 Å². The summed E-state index contributed by atoms with van der Waals surface area (Å²) < 4.78 is 12.7. The Kier molecular flexibility index (Phi) is 2.54. The first-order valence-corrected chi connectivity index (χ1v) is 4.47. The fourth-order valence-corrected chi connectivity index (χ4v) is 1.36. The SMILES string of the molecule is O=C/C(F)=C/c1cnc2ccccc2c1. The van der Waals surface area contributed by atoms with Crippen LogP contribution in [0, 0.1) is 0 Å². The lowest BCUT2D eigenvalue weighted by Gasteiger charge is -1.97. The molecule has 0 atom stereocenters. The number of halogens is 1. The Morgan fingerprint density at radius 1 is 1.33 bits per heavy atom. The normalized spacial score (nSPS) is 11.7. The third-order valence-corrected chi connectivity index (χ3v) is 2.03. The number of benzene rings is 1. The molecule has 74 valence electrons. The van der Waals surface area contributed by atoms with E-state index in [0.29, 0.717) is 5.56 Å². The van der Waals surface area contributed by atoms with Gasteiger partial charge in [0, 0.05) is 11.6 Å². The first-order chi connectivity index (χ1) is 7.29. The van der Waals surface area contributed by atoms with Crippen molar-refractivity contribution in [2.75, 3.05) is 0 Å². The molecule has 0 spiro atoms. The molecule has 0 bridgehead atoms. The van der Waals surface area contributed by atoms with Crippen LogP contribution in [-0.2, 0) is 4.79 Å². The lowest BCUT2D eigenvalue weighted by atomic mass is 10.1. The van der Waals surface area contributed by atoms with Gasteiger partial charge in [0.25, 0.3) is 0 Å². The Bertz CT molecular complexity index is 534. The number of nitrogens with zero attached hydrogens (tertiary/aromatic N) is 1. The number of carbonyl (C=O) groups excluding carboxylic acids is 1. The Hall–Kier alpha value is -2.03. The number of fused-ring (bicyclic) bond motifs is 1. The molecule has 2 nitrogen and oxygen atoms in total. The zero-order chi connectivity index (χ0) is 10.7. The molecule has 0 amide bonds. The Morgan fingerprint density at radius 2 is 2.13 bits per heavy atom. The number of hydrogen-bond acceptors (Lipinski definition) is 2. The van der Waals surface area contributed by atoms with Gasteiger partial charge in [0.15, 0.2) is 12.1 Å². The molecule has 1 aromatic carbocycles. The second-order valence-electron chi connectivity index (χ2n) is 3.11. The van der Waals surface area contributed by atoms with E-state index in [1.54, 1.807) is 6.07 Å². The van der Waals surface area contributed by atoms with E-state index >= 15 is 0 Å². The number of aldehydes is 1. The molecule has 2 rings (SSSR count). The van der Waals surface area contributed by atoms with Gasteiger partial charge in [0.05, 0.1) is 5.52 Å². The highest BCUT2D eigenvalue weighted by Crippen LogP contribution is 2.14. The number of rotatable bonds is 2. The van der Waals surface area contributed by atoms with Crippen LogP contribution in [0.25, 0.3) is 17.0 Å². The predicted octanol–water partition coefficient (Wildman–Crippen LogP) is 2.74. The molecular weight excluding hydrogens is 193 g/mol. The first-order valence-electron chi connectivity index (χ1n) is 4.47. The maximum Gasteiger partial charge on any atom is 0.178 e. The number of para-hydroxylation sites is 1. The van der Waals surface area contributed by atoms with E-state index in [9.17, 15) is 9.18 Å². The average molecular weight is 201 g/mol. The van der Waals surface area contributed by atoms with E-state index in [0.717, 1.165) is 17.0 Å². The maximum absolute atomic E-state index is 12.7. The van der Waals surface area contributed by atoms with Crippen molar-refractivity contribution in [3.05, 3.63) is 47.9 Å². The van der Waals surface area contributed by atoms with Gasteiger partial charge in [-0.05, 0) is 23.8 Å². The summed E-state index contributed by atoms with van der Waals surface area (Å²) in [7, 11) is 0. The van der Waals surface area contributed by atoms with E-state index in [1.807, 2.05) is 24.3 Å². The van der Waals surface area contributed by atoms with Crippen LogP contribution in [0.2, 0.25) is 0 Å². The molecule has 0 aliphatic carbocycles. The van der Waals surface area contributed by atoms with Crippen LogP contribution in [0.4, 0.5) is 4.39 Å². The van der Waals surface area contributed by atoms with Crippen molar-refractivity contribution in [1.29, 1.82) is 0 Å². The summed E-state index contributed by atoms with van der Waals surface area (Å²) >= 11 is 0. The molecule has 0 saturated heterocycles. The molecule has 0 saturated carbocycles. The monoisotopic (exact) mass is 201 g/mol. The highest BCUT2D eigenvalue weighted by Gasteiger charge is 1.96. The smallest absolute Gasteiger partial charge is 0.178 e. The van der Waals surface area contributed by atoms with Gasteiger partial charge >= 0.3 is 0 Å². The molecule has 2 aromatic rings. The summed E-state index contributed by atoms with van der Waals surface area (Å²) in [4.78, 5) is 14.3. The van der Waals surface area contributed by atoms with E-state index < -0.39 is 5.83 Å². The predicted molar refractivity (Wildman–Crippen MR) is 56.9 cm³/mol. The third-order valence-electron chi connectivity index (χ3n) is 2.03. The lowest BCUT2D eigenvalue weighted by Crippen LogP contribution is -1.82. The quantitative estimate of drug-likeness (QED) is 0.552. The van der Waals surface area contributed by atoms with Crippen LogP contribution in [0.15, 0.2) is 42.4 Å². The van der Waals surface area contributed by atoms with Gasteiger partial charge in [0.1, 0.15) is 0 Å². The Labute approximate surface area is 86.1 Å². The molecule has 3 heteroatoms. The summed E-state index contributed by atoms with van der Waals surface area (Å²) in [5.41, 5.74) is 1.43. The Balaban J connectivity index is 2.52. The third kappa shape index (κ3) is 2.07. The average Bonchev–Trinajstić information content (AvgIpc) is 2.29. The van der Waals surface area contributed by atoms with Gasteiger partial charge in [0.2, 0.25) is 0 Å². The number of allylic oxidation sites excluding steroid dienone is 1. The van der Waals surface area contributed by atoms with Crippen LogP contribution >= 0.6 is 0 Å². The zero-order valence-electron chi connectivity index (χ0n) is 7.85. The molecule has 1 heterocycles. The molecular formula is C12H8FNO. The summed E-state index contributed by atoms with van der Waals surface area (Å²) in [6, 6.07) is 9.31. The van der Waals surface area contributed by atoms with E-state index in [1.165, 1.54) is 6.20 Å². The molecule has 0 aliphatic rings. The van der Waals surface area contributed by atoms with Gasteiger partial charge in [-0.25, -0.2) is 4.39 Å². The number of aromatic nitrogens is 1. The van der Waals surface area contributed by atoms with Crippen molar-refractivity contribution in [2.24, 2.45) is 0 Å². The highest BCUT2D eigenvalue weighted by molar-refractivity contribution is 5.83. The second kappa shape index (κ2) is 4.00. The standard InChI is InChI=1S/C12H8FNO/c13-11(8-15)6-9-5-10-3-1-2-4-12(10)14-7-9/h1-8H/b11-6-. The summed E-state index contributed by atoms with van der Waals surface area (Å²) in [5, 5.41) is 0.921. The van der Waals surface area contributed by atoms with Crippen molar-refractivity contribution in [2.45, 2.75) is 0 Å². The van der Waals surface area contributed by atoms with E-state index in [4.69, 9.17) is 0 Å². The molecule has 0 radical (unpaired) electrons. The van der Waals surface area contributed by atoms with Crippen molar-refractivity contribution >= 4 is 23.3 Å². The zero-order valence-corrected chi connectivity index (χ0v) is 7.85. The van der Waals surface area contributed by atoms with Crippen molar-refractivity contribution in [3.8, 4) is 0 Å². The molecule has 1 aromatic heterocycles. The second-order valence-corrected chi connectivity index (χ2v) is 3.11. The fourth-order valence-electron chi connectivity index (χ4n) is 1.36. The lowest BCUT2D eigenvalue weighted by molar-refractivity contribution is -0.106. The van der Waals surface area contributed by atoms with Crippen LogP contribution < -0.4 is 0 Å². The van der Waals surface area contributed by atoms with E-state index in [2.05, 4.69) is 4.98 Å². The molecule has 0 N–H and O–H groups in total. The van der Waals surface area contributed by atoms with Gasteiger partial charge in [-0.1, -0.05) is 18.2 Å². The first kappa shape index (κ1) is 9.52. The summed E-state index contributed by atoms with van der Waals surface area (Å²) in [6.45, 7) is 0. The number of hydrogen-bond donors (Lipinski definition) is 0. The fraction of sp³-hybridized carbons (Fsp3) is 0. The molecule has 0 unspecified atom stereocenters. The number of carbonyl (C=O) groups is 1. The summed E-state index contributed by atoms with van der Waals surface area (Å²) in [5.74, 6) is -0.799. The molecule has 0 aliphatic heterocycles. The maximum atomic E-state index is 12.7. The van der Waals surface area contributed by atoms with Crippen molar-refractivity contribution < 1.29 is 9.18 Å². The number of pyridine rings is 1. The minimum absolute atomic E-state index is 0.176. The topological polar surface area (TPSA) is 30.0 Å². The van der Waals surface area contributed by atoms with Crippen LogP contribution in [0.5, 0.6) is 0 Å². The largest absolute Gasteiger partial charge is 0.295 e. The minimum Gasteiger partial charge on any atom is -0.295 e. The van der Waals surface area contributed by atoms with Crippen LogP contribution in [0.3, 0.4) is 0 Å². The minimum atomic E-state index is -0.799. The van der Waals surface area contributed by atoms with Crippen molar-refractivity contribution in [1.82, 2.24) is 4.98 Å². The van der Waals surface area contributed by atoms with Gasteiger partial charge in [-0.2, -0.15) is 0 Å². The van der Waals surface area contributed by atoms with Crippen LogP contribution in [-0.4, -0.2) is 11.3 Å². The molecule has 0 fully saturated rings. The Morgan fingerprint density at radius 3 is 2.93 bits per heavy atom. The van der Waals surface area contributed by atoms with E-state index in [-0.39, 0.29) is 6.29 Å².